The number of nitrogens with zero attached hydrogens (tertiary/aromatic N) is 4. The molecule has 0 saturated heterocycles. The highest BCUT2D eigenvalue weighted by Gasteiger charge is 2.16. The van der Waals surface area contributed by atoms with Crippen molar-refractivity contribution in [1.82, 2.24) is 15.0 Å². The van der Waals surface area contributed by atoms with E-state index < -0.39 is 4.92 Å². The number of aromatic nitrogens is 3. The molecule has 1 aromatic carbocycles. The van der Waals surface area contributed by atoms with Gasteiger partial charge in [0.15, 0.2) is 0 Å². The van der Waals surface area contributed by atoms with Crippen LogP contribution in [0.4, 0.5) is 11.4 Å². The number of nitrogens with one attached hydrogen (secondary N) is 1. The van der Waals surface area contributed by atoms with Gasteiger partial charge in [0.2, 0.25) is 0 Å². The Labute approximate surface area is 124 Å². The molecular formula is C11H11Cl2N5O2. The second-order valence-electron chi connectivity index (χ2n) is 3.99. The van der Waals surface area contributed by atoms with E-state index in [9.17, 15) is 10.1 Å². The third-order valence-corrected chi connectivity index (χ3v) is 3.31. The van der Waals surface area contributed by atoms with Gasteiger partial charge in [0.25, 0.3) is 5.69 Å². The molecule has 1 aromatic heterocycles. The number of anilines is 1. The zero-order chi connectivity index (χ0) is 14.5. The lowest BCUT2D eigenvalue weighted by Crippen LogP contribution is -2.08. The lowest BCUT2D eigenvalue weighted by atomic mass is 10.2. The van der Waals surface area contributed by atoms with Crippen LogP contribution in [-0.4, -0.2) is 26.5 Å². The quantitative estimate of drug-likeness (QED) is 0.503. The van der Waals surface area contributed by atoms with E-state index in [1.165, 1.54) is 12.1 Å². The van der Waals surface area contributed by atoms with E-state index in [2.05, 4.69) is 15.6 Å². The monoisotopic (exact) mass is 315 g/mol. The smallest absolute Gasteiger partial charge is 0.293 e. The Kier molecular flexibility index (Phi) is 4.75. The molecular weight excluding hydrogens is 305 g/mol. The van der Waals surface area contributed by atoms with Gasteiger partial charge in [-0.1, -0.05) is 28.4 Å². The molecule has 1 heterocycles. The van der Waals surface area contributed by atoms with Crippen LogP contribution in [0.3, 0.4) is 0 Å². The van der Waals surface area contributed by atoms with Crippen molar-refractivity contribution < 1.29 is 4.92 Å². The Morgan fingerprint density at radius 2 is 2.10 bits per heavy atom. The fourth-order valence-corrected chi connectivity index (χ4v) is 1.97. The van der Waals surface area contributed by atoms with Gasteiger partial charge in [-0.25, -0.2) is 0 Å². The molecule has 0 radical (unpaired) electrons. The standard InChI is InChI=1S/C11H11Cl2N5O2/c12-8-6-10(11(18(19)20)7-9(8)13)14-2-1-4-17-5-3-15-16-17/h3,5-7,14H,1-2,4H2. The normalized spacial score (nSPS) is 10.5. The van der Waals surface area contributed by atoms with E-state index in [1.54, 1.807) is 17.1 Å². The number of halogens is 2. The molecule has 0 atom stereocenters. The van der Waals surface area contributed by atoms with E-state index in [1.807, 2.05) is 0 Å². The maximum absolute atomic E-state index is 10.9. The fraction of sp³-hybridized carbons (Fsp3) is 0.273. The first-order valence-corrected chi connectivity index (χ1v) is 6.55. The Hall–Kier alpha value is -1.86. The molecule has 2 rings (SSSR count). The van der Waals surface area contributed by atoms with E-state index in [-0.39, 0.29) is 15.7 Å². The maximum Gasteiger partial charge on any atom is 0.293 e. The van der Waals surface area contributed by atoms with E-state index >= 15 is 0 Å². The summed E-state index contributed by atoms with van der Waals surface area (Å²) in [7, 11) is 0. The van der Waals surface area contributed by atoms with Crippen molar-refractivity contribution in [3.63, 3.8) is 0 Å². The Morgan fingerprint density at radius 3 is 2.75 bits per heavy atom. The van der Waals surface area contributed by atoms with Crippen molar-refractivity contribution in [2.24, 2.45) is 0 Å². The minimum atomic E-state index is -0.498. The third kappa shape index (κ3) is 3.58. The van der Waals surface area contributed by atoms with Crippen LogP contribution >= 0.6 is 23.2 Å². The number of nitro groups is 1. The summed E-state index contributed by atoms with van der Waals surface area (Å²) < 4.78 is 1.69. The molecule has 106 valence electrons. The molecule has 0 spiro atoms. The Bertz CT molecular complexity index is 603. The number of rotatable bonds is 6. The predicted octanol–water partition coefficient (Wildman–Crippen LogP) is 3.00. The number of aryl methyl sites for hydroxylation is 1. The highest BCUT2D eigenvalue weighted by atomic mass is 35.5. The second-order valence-corrected chi connectivity index (χ2v) is 4.80. The van der Waals surface area contributed by atoms with Crippen LogP contribution in [0, 0.1) is 10.1 Å². The molecule has 7 nitrogen and oxygen atoms in total. The van der Waals surface area contributed by atoms with Gasteiger partial charge in [-0.15, -0.1) is 5.10 Å². The van der Waals surface area contributed by atoms with E-state index in [0.717, 1.165) is 6.42 Å². The molecule has 0 aliphatic heterocycles. The average molecular weight is 316 g/mol. The molecule has 0 bridgehead atoms. The molecule has 0 aliphatic carbocycles. The molecule has 0 amide bonds. The minimum absolute atomic E-state index is 0.0971. The summed E-state index contributed by atoms with van der Waals surface area (Å²) >= 11 is 11.6. The summed E-state index contributed by atoms with van der Waals surface area (Å²) in [5, 5.41) is 21.9. The Balaban J connectivity index is 1.98. The Morgan fingerprint density at radius 1 is 1.35 bits per heavy atom. The van der Waals surface area contributed by atoms with Crippen LogP contribution in [0.25, 0.3) is 0 Å². The topological polar surface area (TPSA) is 85.9 Å². The summed E-state index contributed by atoms with van der Waals surface area (Å²) in [6, 6.07) is 2.70. The maximum atomic E-state index is 10.9. The van der Waals surface area contributed by atoms with Crippen LogP contribution in [0.2, 0.25) is 10.0 Å². The van der Waals surface area contributed by atoms with E-state index in [0.29, 0.717) is 18.8 Å². The molecule has 20 heavy (non-hydrogen) atoms. The highest BCUT2D eigenvalue weighted by molar-refractivity contribution is 6.42. The van der Waals surface area contributed by atoms with Gasteiger partial charge in [0.1, 0.15) is 5.69 Å². The summed E-state index contributed by atoms with van der Waals surface area (Å²) in [6.07, 6.45) is 4.08. The summed E-state index contributed by atoms with van der Waals surface area (Å²) in [4.78, 5) is 10.4. The van der Waals surface area contributed by atoms with Crippen molar-refractivity contribution in [3.05, 3.63) is 44.7 Å². The zero-order valence-corrected chi connectivity index (χ0v) is 11.8. The SMILES string of the molecule is O=[N+]([O-])c1cc(Cl)c(Cl)cc1NCCCn1ccnn1. The van der Waals surface area contributed by atoms with Gasteiger partial charge in [0, 0.05) is 25.4 Å². The first kappa shape index (κ1) is 14.5. The number of nitro benzene ring substituents is 1. The summed E-state index contributed by atoms with van der Waals surface area (Å²) in [5.41, 5.74) is 0.253. The van der Waals surface area contributed by atoms with E-state index in [4.69, 9.17) is 23.2 Å². The van der Waals surface area contributed by atoms with Gasteiger partial charge in [-0.2, -0.15) is 0 Å². The van der Waals surface area contributed by atoms with Crippen LogP contribution in [0.5, 0.6) is 0 Å². The third-order valence-electron chi connectivity index (χ3n) is 2.59. The molecule has 0 fully saturated rings. The van der Waals surface area contributed by atoms with Crippen molar-refractivity contribution in [2.45, 2.75) is 13.0 Å². The first-order chi connectivity index (χ1) is 9.58. The fourth-order valence-electron chi connectivity index (χ4n) is 1.65. The summed E-state index contributed by atoms with van der Waals surface area (Å²) in [5.74, 6) is 0. The van der Waals surface area contributed by atoms with Crippen molar-refractivity contribution >= 4 is 34.6 Å². The summed E-state index contributed by atoms with van der Waals surface area (Å²) in [6.45, 7) is 1.21. The number of hydrogen-bond acceptors (Lipinski definition) is 5. The van der Waals surface area contributed by atoms with Gasteiger partial charge < -0.3 is 5.32 Å². The zero-order valence-electron chi connectivity index (χ0n) is 10.3. The number of benzene rings is 1. The van der Waals surface area contributed by atoms with Crippen LogP contribution in [0.15, 0.2) is 24.5 Å². The van der Waals surface area contributed by atoms with Gasteiger partial charge in [-0.05, 0) is 12.5 Å². The van der Waals surface area contributed by atoms with Crippen molar-refractivity contribution in [2.75, 3.05) is 11.9 Å². The lowest BCUT2D eigenvalue weighted by molar-refractivity contribution is -0.383. The molecule has 9 heteroatoms. The molecule has 1 N–H and O–H groups in total. The van der Waals surface area contributed by atoms with Crippen molar-refractivity contribution in [1.29, 1.82) is 0 Å². The van der Waals surface area contributed by atoms with Crippen LogP contribution < -0.4 is 5.32 Å². The largest absolute Gasteiger partial charge is 0.379 e. The van der Waals surface area contributed by atoms with Crippen LogP contribution in [-0.2, 0) is 6.54 Å². The minimum Gasteiger partial charge on any atom is -0.379 e. The predicted molar refractivity (Wildman–Crippen MR) is 76.2 cm³/mol. The van der Waals surface area contributed by atoms with Gasteiger partial charge >= 0.3 is 0 Å². The van der Waals surface area contributed by atoms with Gasteiger partial charge in [0.05, 0.1) is 21.2 Å². The van der Waals surface area contributed by atoms with Gasteiger partial charge in [-0.3, -0.25) is 14.8 Å². The second kappa shape index (κ2) is 6.53. The number of hydrogen-bond donors (Lipinski definition) is 1. The van der Waals surface area contributed by atoms with Crippen LogP contribution in [0.1, 0.15) is 6.42 Å². The molecule has 2 aromatic rings. The highest BCUT2D eigenvalue weighted by Crippen LogP contribution is 2.33. The average Bonchev–Trinajstić information content (AvgIpc) is 2.91. The lowest BCUT2D eigenvalue weighted by Gasteiger charge is -2.08. The van der Waals surface area contributed by atoms with Crippen molar-refractivity contribution in [3.8, 4) is 0 Å². The molecule has 0 unspecified atom stereocenters. The molecule has 0 aliphatic rings. The molecule has 0 saturated carbocycles. The first-order valence-electron chi connectivity index (χ1n) is 5.79.